The van der Waals surface area contributed by atoms with E-state index in [0.29, 0.717) is 0 Å². The van der Waals surface area contributed by atoms with Crippen LogP contribution in [0.5, 0.6) is 0 Å². The summed E-state index contributed by atoms with van der Waals surface area (Å²) in [7, 11) is 2.15. The van der Waals surface area contributed by atoms with E-state index >= 15 is 0 Å². The third kappa shape index (κ3) is 6.41. The predicted octanol–water partition coefficient (Wildman–Crippen LogP) is 10.8. The molecular weight excluding hydrogens is 520 g/mol. The number of para-hydroxylation sites is 3. The Hall–Kier alpha value is -5.04. The lowest BCUT2D eigenvalue weighted by Gasteiger charge is -2.27. The van der Waals surface area contributed by atoms with E-state index < -0.39 is 0 Å². The highest BCUT2D eigenvalue weighted by molar-refractivity contribution is 6.10. The molecule has 0 fully saturated rings. The van der Waals surface area contributed by atoms with Gasteiger partial charge in [0, 0.05) is 35.1 Å². The maximum atomic E-state index is 4.34. The fourth-order valence-corrected chi connectivity index (χ4v) is 5.48. The first-order valence-electron chi connectivity index (χ1n) is 15.1. The Morgan fingerprint density at radius 2 is 1.58 bits per heavy atom. The Bertz CT molecular complexity index is 1840. The van der Waals surface area contributed by atoms with Crippen LogP contribution in [0.4, 0.5) is 5.69 Å². The highest BCUT2D eigenvalue weighted by Gasteiger charge is 2.14. The molecule has 1 atom stereocenters. The van der Waals surface area contributed by atoms with Crippen LogP contribution in [-0.4, -0.2) is 17.7 Å². The molecule has 0 saturated heterocycles. The van der Waals surface area contributed by atoms with Gasteiger partial charge < -0.3 is 9.47 Å². The van der Waals surface area contributed by atoms with Crippen molar-refractivity contribution in [2.24, 2.45) is 0 Å². The van der Waals surface area contributed by atoms with Crippen molar-refractivity contribution in [1.29, 1.82) is 0 Å². The molecule has 0 N–H and O–H groups in total. The molecule has 4 aromatic rings. The lowest BCUT2D eigenvalue weighted by atomic mass is 10.0. The van der Waals surface area contributed by atoms with Crippen LogP contribution in [0.15, 0.2) is 163 Å². The van der Waals surface area contributed by atoms with Crippen molar-refractivity contribution >= 4 is 38.8 Å². The molecule has 1 aromatic heterocycles. The molecule has 2 heteroatoms. The van der Waals surface area contributed by atoms with E-state index in [9.17, 15) is 0 Å². The van der Waals surface area contributed by atoms with Crippen molar-refractivity contribution in [3.63, 3.8) is 0 Å². The highest BCUT2D eigenvalue weighted by Crippen LogP contribution is 2.33. The SMILES string of the molecule is C=C(/C=C\C=C/CC)c1ccccc1N(C)C(C)/C=C\C(=C/C)C1=CC=C=C(n2c3ccccc3c3ccccc32)C=C1. The molecule has 2 nitrogen and oxygen atoms in total. The van der Waals surface area contributed by atoms with Crippen LogP contribution in [0.25, 0.3) is 33.1 Å². The fourth-order valence-electron chi connectivity index (χ4n) is 5.48. The van der Waals surface area contributed by atoms with Gasteiger partial charge in [-0.05, 0) is 73.4 Å². The Morgan fingerprint density at radius 1 is 0.907 bits per heavy atom. The second-order valence-corrected chi connectivity index (χ2v) is 10.7. The van der Waals surface area contributed by atoms with Gasteiger partial charge in [-0.25, -0.2) is 0 Å². The van der Waals surface area contributed by atoms with Crippen molar-refractivity contribution in [2.45, 2.75) is 33.2 Å². The van der Waals surface area contributed by atoms with E-state index in [4.69, 9.17) is 0 Å². The zero-order valence-corrected chi connectivity index (χ0v) is 25.7. The zero-order chi connectivity index (χ0) is 30.2. The van der Waals surface area contributed by atoms with E-state index in [0.717, 1.165) is 34.5 Å². The number of benzene rings is 3. The zero-order valence-electron chi connectivity index (χ0n) is 25.7. The number of hydrogen-bond acceptors (Lipinski definition) is 1. The molecule has 43 heavy (non-hydrogen) atoms. The van der Waals surface area contributed by atoms with Crippen LogP contribution in [0.2, 0.25) is 0 Å². The van der Waals surface area contributed by atoms with Crippen LogP contribution in [0, 0.1) is 0 Å². The normalized spacial score (nSPS) is 14.7. The number of fused-ring (bicyclic) bond motifs is 3. The summed E-state index contributed by atoms with van der Waals surface area (Å²) in [5, 5.41) is 2.51. The summed E-state index contributed by atoms with van der Waals surface area (Å²) in [6, 6.07) is 25.8. The van der Waals surface area contributed by atoms with Gasteiger partial charge in [0.05, 0.1) is 16.7 Å². The lowest BCUT2D eigenvalue weighted by Crippen LogP contribution is -2.27. The number of aromatic nitrogens is 1. The molecule has 1 unspecified atom stereocenters. The second kappa shape index (κ2) is 13.7. The Labute approximate surface area is 256 Å². The molecule has 0 saturated carbocycles. The predicted molar refractivity (Wildman–Crippen MR) is 189 cm³/mol. The topological polar surface area (TPSA) is 8.17 Å². The minimum atomic E-state index is 0.171. The number of rotatable bonds is 10. The van der Waals surface area contributed by atoms with Gasteiger partial charge in [0.15, 0.2) is 0 Å². The molecule has 1 heterocycles. The monoisotopic (exact) mass is 560 g/mol. The molecule has 1 aliphatic carbocycles. The summed E-state index contributed by atoms with van der Waals surface area (Å²) in [4.78, 5) is 2.30. The molecule has 3 aromatic carbocycles. The molecule has 5 rings (SSSR count). The van der Waals surface area contributed by atoms with Crippen LogP contribution < -0.4 is 4.90 Å². The summed E-state index contributed by atoms with van der Waals surface area (Å²) in [5.41, 5.74) is 12.5. The van der Waals surface area contributed by atoms with E-state index in [1.165, 1.54) is 27.4 Å². The standard InChI is InChI=1S/C41H40N2/c1-6-8-9-10-18-31(3)36-21-11-14-24-39(36)42(5)32(4)27-28-33(7-2)34-19-17-20-35(30-29-34)43-40-25-15-12-22-37(40)38-23-13-16-26-41(38)43/h7-19,21-30,32H,3,6H2,1-2,4-5H3/b9-8-,18-10-,28-27-,33-7+. The van der Waals surface area contributed by atoms with Gasteiger partial charge in [-0.1, -0.05) is 122 Å². The summed E-state index contributed by atoms with van der Waals surface area (Å²) >= 11 is 0. The van der Waals surface area contributed by atoms with Crippen LogP contribution in [-0.2, 0) is 0 Å². The molecule has 0 aliphatic heterocycles. The third-order valence-corrected chi connectivity index (χ3v) is 7.96. The van der Waals surface area contributed by atoms with Gasteiger partial charge in [-0.2, -0.15) is 0 Å². The average Bonchev–Trinajstić information content (AvgIpc) is 3.18. The molecule has 0 radical (unpaired) electrons. The maximum absolute atomic E-state index is 4.34. The molecule has 0 spiro atoms. The van der Waals surface area contributed by atoms with Crippen molar-refractivity contribution in [2.75, 3.05) is 11.9 Å². The first-order valence-corrected chi connectivity index (χ1v) is 15.1. The van der Waals surface area contributed by atoms with Crippen LogP contribution in [0.1, 0.15) is 32.8 Å². The van der Waals surface area contributed by atoms with E-state index in [1.54, 1.807) is 0 Å². The van der Waals surface area contributed by atoms with Gasteiger partial charge in [-0.3, -0.25) is 0 Å². The Balaban J connectivity index is 1.35. The highest BCUT2D eigenvalue weighted by atomic mass is 15.1. The third-order valence-electron chi connectivity index (χ3n) is 7.96. The minimum absolute atomic E-state index is 0.171. The number of anilines is 1. The van der Waals surface area contributed by atoms with Crippen molar-refractivity contribution in [3.05, 3.63) is 169 Å². The minimum Gasteiger partial charge on any atom is -0.368 e. The molecule has 0 bridgehead atoms. The summed E-state index contributed by atoms with van der Waals surface area (Å²) in [6.07, 6.45) is 24.6. The van der Waals surface area contributed by atoms with E-state index in [1.807, 2.05) is 6.08 Å². The molecule has 0 amide bonds. The fraction of sp³-hybridized carbons (Fsp3) is 0.146. The van der Waals surface area contributed by atoms with Crippen molar-refractivity contribution < 1.29 is 0 Å². The Morgan fingerprint density at radius 3 is 2.28 bits per heavy atom. The number of likely N-dealkylation sites (N-methyl/N-ethyl adjacent to an activating group) is 1. The molecular formula is C41H40N2. The quantitative estimate of drug-likeness (QED) is 0.138. The van der Waals surface area contributed by atoms with E-state index in [2.05, 4.69) is 183 Å². The number of nitrogens with zero attached hydrogens (tertiary/aromatic N) is 2. The molecule has 1 aliphatic rings. The van der Waals surface area contributed by atoms with E-state index in [-0.39, 0.29) is 6.04 Å². The average molecular weight is 561 g/mol. The summed E-state index contributed by atoms with van der Waals surface area (Å²) < 4.78 is 2.30. The maximum Gasteiger partial charge on any atom is 0.0891 e. The number of hydrogen-bond donors (Lipinski definition) is 0. The largest absolute Gasteiger partial charge is 0.368 e. The summed E-state index contributed by atoms with van der Waals surface area (Å²) in [5.74, 6) is 0. The second-order valence-electron chi connectivity index (χ2n) is 10.7. The molecule has 214 valence electrons. The first kappa shape index (κ1) is 29.5. The Kier molecular flexibility index (Phi) is 9.42. The number of allylic oxidation sites excluding steroid dienone is 13. The van der Waals surface area contributed by atoms with Gasteiger partial charge in [0.2, 0.25) is 0 Å². The van der Waals surface area contributed by atoms with Crippen molar-refractivity contribution in [1.82, 2.24) is 4.57 Å². The van der Waals surface area contributed by atoms with Gasteiger partial charge in [-0.15, -0.1) is 0 Å². The van der Waals surface area contributed by atoms with Crippen LogP contribution >= 0.6 is 0 Å². The lowest BCUT2D eigenvalue weighted by molar-refractivity contribution is 0.821. The summed E-state index contributed by atoms with van der Waals surface area (Å²) in [6.45, 7) is 10.8. The van der Waals surface area contributed by atoms with Gasteiger partial charge in [0.25, 0.3) is 0 Å². The van der Waals surface area contributed by atoms with Crippen LogP contribution in [0.3, 0.4) is 0 Å². The van der Waals surface area contributed by atoms with Crippen molar-refractivity contribution in [3.8, 4) is 0 Å². The first-order chi connectivity index (χ1) is 21.0. The van der Waals surface area contributed by atoms with Gasteiger partial charge >= 0.3 is 0 Å². The van der Waals surface area contributed by atoms with Gasteiger partial charge in [0.1, 0.15) is 0 Å². The smallest absolute Gasteiger partial charge is 0.0891 e.